The number of ether oxygens (including phenoxy) is 1. The molecule has 0 aromatic heterocycles. The van der Waals surface area contributed by atoms with Crippen molar-refractivity contribution in [3.8, 4) is 11.8 Å². The van der Waals surface area contributed by atoms with E-state index in [1.807, 2.05) is 0 Å². The van der Waals surface area contributed by atoms with Crippen LogP contribution in [0.1, 0.15) is 11.1 Å². The predicted octanol–water partition coefficient (Wildman–Crippen LogP) is 1.93. The lowest BCUT2D eigenvalue weighted by molar-refractivity contribution is -0.275. The minimum Gasteiger partial charge on any atom is -0.405 e. The van der Waals surface area contributed by atoms with Crippen molar-refractivity contribution in [2.75, 3.05) is 6.26 Å². The summed E-state index contributed by atoms with van der Waals surface area (Å²) in [7, 11) is -3.80. The molecule has 0 heterocycles. The third-order valence-electron chi connectivity index (χ3n) is 1.85. The lowest BCUT2D eigenvalue weighted by Crippen LogP contribution is -2.18. The molecule has 0 saturated carbocycles. The monoisotopic (exact) mass is 295 g/mol. The Morgan fingerprint density at radius 3 is 2.47 bits per heavy atom. The van der Waals surface area contributed by atoms with Crippen molar-refractivity contribution in [1.82, 2.24) is 0 Å². The van der Waals surface area contributed by atoms with Gasteiger partial charge in [0.2, 0.25) is 0 Å². The van der Waals surface area contributed by atoms with Crippen molar-refractivity contribution in [3.63, 3.8) is 0 Å². The van der Waals surface area contributed by atoms with Gasteiger partial charge in [0.1, 0.15) is 5.75 Å². The molecule has 0 radical (unpaired) electrons. The first kappa shape index (κ1) is 15.3. The Bertz CT molecular complexity index is 604. The van der Waals surface area contributed by atoms with Gasteiger partial charge in [0.15, 0.2) is 0 Å². The van der Waals surface area contributed by atoms with E-state index in [0.29, 0.717) is 0 Å². The number of nitriles is 1. The molecule has 0 aliphatic rings. The predicted molar refractivity (Wildman–Crippen MR) is 57.5 cm³/mol. The Morgan fingerprint density at radius 1 is 1.37 bits per heavy atom. The molecule has 1 aromatic carbocycles. The quantitative estimate of drug-likeness (QED) is 0.793. The molecule has 0 N–H and O–H groups in total. The fourth-order valence-electron chi connectivity index (χ4n) is 1.13. The highest BCUT2D eigenvalue weighted by Crippen LogP contribution is 2.28. The summed E-state index contributed by atoms with van der Waals surface area (Å²) >= 11 is 0. The zero-order chi connectivity index (χ0) is 14.7. The molecule has 104 valence electrons. The van der Waals surface area contributed by atoms with Gasteiger partial charge >= 0.3 is 6.36 Å². The molecule has 0 aliphatic heterocycles. The van der Waals surface area contributed by atoms with Crippen LogP contribution in [0.4, 0.5) is 13.2 Å². The molecule has 0 aliphatic carbocycles. The van der Waals surface area contributed by atoms with E-state index in [2.05, 4.69) is 8.92 Å². The SMILES string of the molecule is CS(=O)(=O)OCc1ccc(C#N)cc1OC(F)(F)F. The van der Waals surface area contributed by atoms with Crippen LogP contribution < -0.4 is 4.74 Å². The maximum absolute atomic E-state index is 12.2. The van der Waals surface area contributed by atoms with E-state index in [9.17, 15) is 21.6 Å². The smallest absolute Gasteiger partial charge is 0.405 e. The van der Waals surface area contributed by atoms with Crippen molar-refractivity contribution >= 4 is 10.1 Å². The molecule has 0 fully saturated rings. The normalized spacial score (nSPS) is 11.9. The van der Waals surface area contributed by atoms with Gasteiger partial charge in [-0.25, -0.2) is 0 Å². The first-order chi connectivity index (χ1) is 8.61. The van der Waals surface area contributed by atoms with Crippen molar-refractivity contribution in [2.45, 2.75) is 13.0 Å². The van der Waals surface area contributed by atoms with E-state index in [0.717, 1.165) is 18.4 Å². The van der Waals surface area contributed by atoms with E-state index in [1.54, 1.807) is 6.07 Å². The topological polar surface area (TPSA) is 76.4 Å². The maximum atomic E-state index is 12.2. The average Bonchev–Trinajstić information content (AvgIpc) is 2.24. The Hall–Kier alpha value is -1.79. The third-order valence-corrected chi connectivity index (χ3v) is 2.40. The zero-order valence-corrected chi connectivity index (χ0v) is 10.4. The summed E-state index contributed by atoms with van der Waals surface area (Å²) in [4.78, 5) is 0. The Kier molecular flexibility index (Phi) is 4.39. The van der Waals surface area contributed by atoms with Crippen LogP contribution in [0.3, 0.4) is 0 Å². The van der Waals surface area contributed by atoms with Crippen LogP contribution in [0.2, 0.25) is 0 Å². The maximum Gasteiger partial charge on any atom is 0.573 e. The van der Waals surface area contributed by atoms with E-state index in [4.69, 9.17) is 5.26 Å². The fraction of sp³-hybridized carbons (Fsp3) is 0.300. The molecule has 9 heteroatoms. The number of halogens is 3. The summed E-state index contributed by atoms with van der Waals surface area (Å²) in [5, 5.41) is 8.60. The van der Waals surface area contributed by atoms with Crippen LogP contribution in [0.25, 0.3) is 0 Å². The van der Waals surface area contributed by atoms with Crippen molar-refractivity contribution < 1.29 is 30.5 Å². The minimum absolute atomic E-state index is 0.0534. The number of nitrogens with zero attached hydrogens (tertiary/aromatic N) is 1. The lowest BCUT2D eigenvalue weighted by atomic mass is 10.1. The molecule has 0 unspecified atom stereocenters. The van der Waals surface area contributed by atoms with Gasteiger partial charge in [-0.05, 0) is 12.1 Å². The Labute approximate surface area is 107 Å². The van der Waals surface area contributed by atoms with Gasteiger partial charge in [-0.3, -0.25) is 4.18 Å². The van der Waals surface area contributed by atoms with Crippen molar-refractivity contribution in [3.05, 3.63) is 29.3 Å². The van der Waals surface area contributed by atoms with Crippen molar-refractivity contribution in [1.29, 1.82) is 5.26 Å². The lowest BCUT2D eigenvalue weighted by Gasteiger charge is -2.13. The molecule has 0 bridgehead atoms. The van der Waals surface area contributed by atoms with Crippen LogP contribution in [0.15, 0.2) is 18.2 Å². The molecule has 0 saturated heterocycles. The molecule has 0 amide bonds. The highest BCUT2D eigenvalue weighted by molar-refractivity contribution is 7.85. The van der Waals surface area contributed by atoms with Gasteiger partial charge in [0, 0.05) is 5.56 Å². The number of benzene rings is 1. The first-order valence-electron chi connectivity index (χ1n) is 4.74. The molecule has 1 rings (SSSR count). The molecule has 1 aromatic rings. The molecule has 5 nitrogen and oxygen atoms in total. The van der Waals surface area contributed by atoms with Crippen LogP contribution in [-0.2, 0) is 20.9 Å². The van der Waals surface area contributed by atoms with E-state index >= 15 is 0 Å². The number of hydrogen-bond donors (Lipinski definition) is 0. The van der Waals surface area contributed by atoms with Gasteiger partial charge in [-0.2, -0.15) is 13.7 Å². The Balaban J connectivity index is 3.06. The van der Waals surface area contributed by atoms with Crippen LogP contribution >= 0.6 is 0 Å². The summed E-state index contributed by atoms with van der Waals surface area (Å²) in [5.41, 5.74) is -0.191. The summed E-state index contributed by atoms with van der Waals surface area (Å²) in [6.45, 7) is -0.615. The van der Waals surface area contributed by atoms with Gasteiger partial charge in [0.25, 0.3) is 10.1 Å². The number of alkyl halides is 3. The summed E-state index contributed by atoms with van der Waals surface area (Å²) in [6, 6.07) is 4.86. The second-order valence-electron chi connectivity index (χ2n) is 3.45. The van der Waals surface area contributed by atoms with Gasteiger partial charge in [-0.15, -0.1) is 13.2 Å². The minimum atomic E-state index is -4.95. The second-order valence-corrected chi connectivity index (χ2v) is 5.09. The van der Waals surface area contributed by atoms with Crippen molar-refractivity contribution in [2.24, 2.45) is 0 Å². The van der Waals surface area contributed by atoms with Crippen LogP contribution in [-0.4, -0.2) is 21.0 Å². The molecule has 0 spiro atoms. The van der Waals surface area contributed by atoms with Crippen LogP contribution in [0, 0.1) is 11.3 Å². The first-order valence-corrected chi connectivity index (χ1v) is 6.55. The summed E-state index contributed by atoms with van der Waals surface area (Å²) in [5.74, 6) is -0.671. The average molecular weight is 295 g/mol. The third kappa shape index (κ3) is 5.58. The Morgan fingerprint density at radius 2 is 2.00 bits per heavy atom. The fourth-order valence-corrected chi connectivity index (χ4v) is 1.47. The van der Waals surface area contributed by atoms with E-state index < -0.39 is 28.8 Å². The second kappa shape index (κ2) is 5.46. The standard InChI is InChI=1S/C10H8F3NO4S/c1-19(15,16)17-6-8-3-2-7(5-14)4-9(8)18-10(11,12)13/h2-4H,6H2,1H3. The van der Waals surface area contributed by atoms with Gasteiger partial charge in [0.05, 0.1) is 24.5 Å². The molecular weight excluding hydrogens is 287 g/mol. The number of rotatable bonds is 4. The van der Waals surface area contributed by atoms with Gasteiger partial charge in [-0.1, -0.05) is 6.07 Å². The van der Waals surface area contributed by atoms with E-state index in [1.165, 1.54) is 6.07 Å². The highest BCUT2D eigenvalue weighted by atomic mass is 32.2. The summed E-state index contributed by atoms with van der Waals surface area (Å²) < 4.78 is 66.2. The molecule has 0 atom stereocenters. The molecule has 19 heavy (non-hydrogen) atoms. The highest BCUT2D eigenvalue weighted by Gasteiger charge is 2.32. The number of hydrogen-bond acceptors (Lipinski definition) is 5. The summed E-state index contributed by atoms with van der Waals surface area (Å²) in [6.07, 6.45) is -4.19. The van der Waals surface area contributed by atoms with Gasteiger partial charge < -0.3 is 4.74 Å². The van der Waals surface area contributed by atoms with E-state index in [-0.39, 0.29) is 11.1 Å². The van der Waals surface area contributed by atoms with Crippen LogP contribution in [0.5, 0.6) is 5.75 Å². The largest absolute Gasteiger partial charge is 0.573 e. The zero-order valence-electron chi connectivity index (χ0n) is 9.56. The molecular formula is C10H8F3NO4S.